The van der Waals surface area contributed by atoms with E-state index < -0.39 is 0 Å². The summed E-state index contributed by atoms with van der Waals surface area (Å²) in [5.41, 5.74) is 4.79. The van der Waals surface area contributed by atoms with Crippen LogP contribution in [-0.2, 0) is 18.3 Å². The SMILES string of the molecule is C=CCc1c(Br)cc(C(C)(C)c2cc(Br)c(CC=C)c(Br)c2)cc1Br. The second-order valence-electron chi connectivity index (χ2n) is 6.45. The van der Waals surface area contributed by atoms with Gasteiger partial charge in [0, 0.05) is 23.3 Å². The van der Waals surface area contributed by atoms with Gasteiger partial charge in [0.05, 0.1) is 0 Å². The molecule has 0 aliphatic carbocycles. The van der Waals surface area contributed by atoms with Crippen LogP contribution in [0.3, 0.4) is 0 Å². The van der Waals surface area contributed by atoms with Gasteiger partial charge in [0.1, 0.15) is 0 Å². The first-order chi connectivity index (χ1) is 11.7. The van der Waals surface area contributed by atoms with E-state index in [-0.39, 0.29) is 5.41 Å². The van der Waals surface area contributed by atoms with E-state index in [0.29, 0.717) is 0 Å². The van der Waals surface area contributed by atoms with Crippen molar-refractivity contribution in [3.63, 3.8) is 0 Å². The fourth-order valence-electron chi connectivity index (χ4n) is 2.77. The van der Waals surface area contributed by atoms with Gasteiger partial charge in [-0.05, 0) is 59.4 Å². The van der Waals surface area contributed by atoms with Crippen LogP contribution in [0.5, 0.6) is 0 Å². The summed E-state index contributed by atoms with van der Waals surface area (Å²) in [6.45, 7) is 12.2. The summed E-state index contributed by atoms with van der Waals surface area (Å²) in [7, 11) is 0. The molecule has 0 aliphatic rings. The van der Waals surface area contributed by atoms with Gasteiger partial charge in [-0.2, -0.15) is 0 Å². The van der Waals surface area contributed by atoms with Crippen molar-refractivity contribution in [2.75, 3.05) is 0 Å². The lowest BCUT2D eigenvalue weighted by atomic mass is 9.77. The maximum absolute atomic E-state index is 3.84. The Morgan fingerprint density at radius 2 is 1.00 bits per heavy atom. The Labute approximate surface area is 184 Å². The van der Waals surface area contributed by atoms with Crippen LogP contribution in [0.2, 0.25) is 0 Å². The third-order valence-electron chi connectivity index (χ3n) is 4.42. The number of rotatable bonds is 6. The van der Waals surface area contributed by atoms with Crippen LogP contribution in [0.1, 0.15) is 36.1 Å². The van der Waals surface area contributed by atoms with Crippen molar-refractivity contribution in [2.45, 2.75) is 32.1 Å². The van der Waals surface area contributed by atoms with Gasteiger partial charge in [0.25, 0.3) is 0 Å². The van der Waals surface area contributed by atoms with E-state index >= 15 is 0 Å². The summed E-state index contributed by atoms with van der Waals surface area (Å²) < 4.78 is 4.41. The molecule has 0 saturated heterocycles. The van der Waals surface area contributed by atoms with E-state index in [1.165, 1.54) is 22.3 Å². The number of allylic oxidation sites excluding steroid dienone is 2. The number of hydrogen-bond donors (Lipinski definition) is 0. The van der Waals surface area contributed by atoms with Crippen LogP contribution in [-0.4, -0.2) is 0 Å². The van der Waals surface area contributed by atoms with E-state index in [1.807, 2.05) is 12.2 Å². The van der Waals surface area contributed by atoms with Gasteiger partial charge < -0.3 is 0 Å². The molecule has 4 heteroatoms. The average molecular weight is 592 g/mol. The zero-order chi connectivity index (χ0) is 18.8. The Hall–Kier alpha value is -0.160. The molecule has 2 aromatic carbocycles. The normalized spacial score (nSPS) is 11.4. The first-order valence-corrected chi connectivity index (χ1v) is 11.1. The molecule has 2 rings (SSSR count). The summed E-state index contributed by atoms with van der Waals surface area (Å²) in [6.07, 6.45) is 5.49. The fourth-order valence-corrected chi connectivity index (χ4v) is 5.79. The topological polar surface area (TPSA) is 0 Å². The summed E-state index contributed by atoms with van der Waals surface area (Å²) in [4.78, 5) is 0. The lowest BCUT2D eigenvalue weighted by Crippen LogP contribution is -2.19. The fraction of sp³-hybridized carbons (Fsp3) is 0.238. The molecule has 2 aromatic rings. The minimum Gasteiger partial charge on any atom is -0.103 e. The van der Waals surface area contributed by atoms with Crippen LogP contribution < -0.4 is 0 Å². The highest BCUT2D eigenvalue weighted by Crippen LogP contribution is 2.40. The highest BCUT2D eigenvalue weighted by Gasteiger charge is 2.26. The number of halogens is 4. The van der Waals surface area contributed by atoms with E-state index in [2.05, 4.69) is 115 Å². The molecule has 0 N–H and O–H groups in total. The minimum atomic E-state index is -0.143. The smallest absolute Gasteiger partial charge is 0.0224 e. The summed E-state index contributed by atoms with van der Waals surface area (Å²) in [5, 5.41) is 0. The molecule has 0 bridgehead atoms. The molecule has 0 unspecified atom stereocenters. The molecule has 0 nitrogen and oxygen atoms in total. The molecule has 0 saturated carbocycles. The Balaban J connectivity index is 2.55. The largest absolute Gasteiger partial charge is 0.103 e. The molecule has 0 spiro atoms. The van der Waals surface area contributed by atoms with Gasteiger partial charge in [0.2, 0.25) is 0 Å². The Kier molecular flexibility index (Phi) is 7.35. The van der Waals surface area contributed by atoms with E-state index in [4.69, 9.17) is 0 Å². The van der Waals surface area contributed by atoms with Gasteiger partial charge in [-0.3, -0.25) is 0 Å². The molecule has 0 radical (unpaired) electrons. The van der Waals surface area contributed by atoms with Crippen LogP contribution in [0.25, 0.3) is 0 Å². The lowest BCUT2D eigenvalue weighted by Gasteiger charge is -2.28. The van der Waals surface area contributed by atoms with Crippen molar-refractivity contribution < 1.29 is 0 Å². The molecule has 0 atom stereocenters. The zero-order valence-corrected chi connectivity index (χ0v) is 20.6. The Morgan fingerprint density at radius 1 is 0.720 bits per heavy atom. The van der Waals surface area contributed by atoms with Crippen LogP contribution >= 0.6 is 63.7 Å². The van der Waals surface area contributed by atoms with Gasteiger partial charge in [-0.1, -0.05) is 89.7 Å². The third kappa shape index (κ3) is 4.58. The maximum atomic E-state index is 3.84. The minimum absolute atomic E-state index is 0.143. The summed E-state index contributed by atoms with van der Waals surface area (Å²) >= 11 is 14.9. The van der Waals surface area contributed by atoms with Crippen molar-refractivity contribution >= 4 is 63.7 Å². The summed E-state index contributed by atoms with van der Waals surface area (Å²) in [5.74, 6) is 0. The van der Waals surface area contributed by atoms with E-state index in [1.54, 1.807) is 0 Å². The molecule has 0 amide bonds. The predicted molar refractivity (Wildman–Crippen MR) is 124 cm³/mol. The van der Waals surface area contributed by atoms with Crippen molar-refractivity contribution in [3.8, 4) is 0 Å². The lowest BCUT2D eigenvalue weighted by molar-refractivity contribution is 0.638. The zero-order valence-electron chi connectivity index (χ0n) is 14.3. The van der Waals surface area contributed by atoms with Crippen molar-refractivity contribution in [1.82, 2.24) is 0 Å². The molecule has 0 aliphatic heterocycles. The second-order valence-corrected chi connectivity index (χ2v) is 9.86. The monoisotopic (exact) mass is 588 g/mol. The molecule has 0 aromatic heterocycles. The van der Waals surface area contributed by atoms with Crippen LogP contribution in [0, 0.1) is 0 Å². The van der Waals surface area contributed by atoms with E-state index in [9.17, 15) is 0 Å². The molecular formula is C21H20Br4. The van der Waals surface area contributed by atoms with Crippen molar-refractivity contribution in [3.05, 3.63) is 89.7 Å². The quantitative estimate of drug-likeness (QED) is 0.295. The molecule has 0 fully saturated rings. The average Bonchev–Trinajstić information content (AvgIpc) is 2.53. The molecule has 25 heavy (non-hydrogen) atoms. The Morgan fingerprint density at radius 3 is 1.24 bits per heavy atom. The first kappa shape index (κ1) is 21.1. The molecule has 0 heterocycles. The van der Waals surface area contributed by atoms with Crippen molar-refractivity contribution in [1.29, 1.82) is 0 Å². The van der Waals surface area contributed by atoms with Crippen LogP contribution in [0.15, 0.2) is 67.5 Å². The third-order valence-corrected chi connectivity index (χ3v) is 7.25. The number of benzene rings is 2. The predicted octanol–water partition coefficient (Wildman–Crippen LogP) is 8.52. The van der Waals surface area contributed by atoms with Crippen molar-refractivity contribution in [2.24, 2.45) is 0 Å². The maximum Gasteiger partial charge on any atom is 0.0224 e. The highest BCUT2D eigenvalue weighted by molar-refractivity contribution is 9.11. The molecular weight excluding hydrogens is 572 g/mol. The standard InChI is InChI=1S/C21H20Br4/c1-5-7-15-17(22)9-13(10-18(15)23)21(3,4)14-11-19(24)16(8-6-2)20(25)12-14/h5-6,9-12H,1-2,7-8H2,3-4H3. The van der Waals surface area contributed by atoms with E-state index in [0.717, 1.165) is 30.7 Å². The van der Waals surface area contributed by atoms with Gasteiger partial charge in [0.15, 0.2) is 0 Å². The second kappa shape index (κ2) is 8.69. The molecule has 132 valence electrons. The summed E-state index contributed by atoms with van der Waals surface area (Å²) in [6, 6.07) is 8.85. The Bertz CT molecular complexity index is 705. The van der Waals surface area contributed by atoms with Crippen LogP contribution in [0.4, 0.5) is 0 Å². The van der Waals surface area contributed by atoms with Gasteiger partial charge >= 0.3 is 0 Å². The highest BCUT2D eigenvalue weighted by atomic mass is 79.9. The number of hydrogen-bond acceptors (Lipinski definition) is 0. The first-order valence-electron chi connectivity index (χ1n) is 7.91. The van der Waals surface area contributed by atoms with Gasteiger partial charge in [-0.15, -0.1) is 13.2 Å². The van der Waals surface area contributed by atoms with Gasteiger partial charge in [-0.25, -0.2) is 0 Å².